The van der Waals surface area contributed by atoms with Crippen LogP contribution in [-0.4, -0.2) is 29.7 Å². The SMILES string of the molecule is CC1=C(C(=O)NCC(C)C)SC2=NC=NC(=O)C21. The van der Waals surface area contributed by atoms with Gasteiger partial charge in [0.1, 0.15) is 12.3 Å². The van der Waals surface area contributed by atoms with Gasteiger partial charge in [0.05, 0.1) is 9.95 Å². The van der Waals surface area contributed by atoms with Crippen molar-refractivity contribution in [2.75, 3.05) is 6.54 Å². The third-order valence-electron chi connectivity index (χ3n) is 2.74. The van der Waals surface area contributed by atoms with E-state index in [1.54, 1.807) is 6.92 Å². The van der Waals surface area contributed by atoms with Gasteiger partial charge in [0, 0.05) is 6.54 Å². The maximum atomic E-state index is 12.0. The maximum absolute atomic E-state index is 12.0. The number of hydrogen-bond donors (Lipinski definition) is 1. The van der Waals surface area contributed by atoms with E-state index in [0.717, 1.165) is 5.57 Å². The van der Waals surface area contributed by atoms with Crippen LogP contribution in [0.25, 0.3) is 0 Å². The summed E-state index contributed by atoms with van der Waals surface area (Å²) < 4.78 is 0. The first-order valence-corrected chi connectivity index (χ1v) is 6.63. The zero-order valence-corrected chi connectivity index (χ0v) is 11.4. The minimum Gasteiger partial charge on any atom is -0.351 e. The molecule has 0 saturated heterocycles. The number of carbonyl (C=O) groups excluding carboxylic acids is 2. The van der Waals surface area contributed by atoms with E-state index in [4.69, 9.17) is 0 Å². The fraction of sp³-hybridized carbons (Fsp3) is 0.500. The topological polar surface area (TPSA) is 70.9 Å². The van der Waals surface area contributed by atoms with Gasteiger partial charge in [-0.1, -0.05) is 25.6 Å². The summed E-state index contributed by atoms with van der Waals surface area (Å²) in [6.45, 7) is 6.48. The first-order chi connectivity index (χ1) is 8.50. The summed E-state index contributed by atoms with van der Waals surface area (Å²) >= 11 is 1.27. The molecule has 18 heavy (non-hydrogen) atoms. The van der Waals surface area contributed by atoms with E-state index in [1.165, 1.54) is 18.1 Å². The first-order valence-electron chi connectivity index (χ1n) is 5.81. The molecular weight excluding hydrogens is 250 g/mol. The average molecular weight is 265 g/mol. The highest BCUT2D eigenvalue weighted by Gasteiger charge is 2.38. The predicted molar refractivity (Wildman–Crippen MR) is 72.6 cm³/mol. The Morgan fingerprint density at radius 2 is 2.28 bits per heavy atom. The quantitative estimate of drug-likeness (QED) is 0.837. The van der Waals surface area contributed by atoms with E-state index in [9.17, 15) is 9.59 Å². The molecular formula is C12H15N3O2S. The van der Waals surface area contributed by atoms with Crippen molar-refractivity contribution in [3.63, 3.8) is 0 Å². The summed E-state index contributed by atoms with van der Waals surface area (Å²) in [7, 11) is 0. The summed E-state index contributed by atoms with van der Waals surface area (Å²) in [4.78, 5) is 32.0. The van der Waals surface area contributed by atoms with Crippen LogP contribution in [0.3, 0.4) is 0 Å². The van der Waals surface area contributed by atoms with Crippen molar-refractivity contribution in [3.8, 4) is 0 Å². The summed E-state index contributed by atoms with van der Waals surface area (Å²) in [6.07, 6.45) is 1.25. The summed E-state index contributed by atoms with van der Waals surface area (Å²) in [6, 6.07) is 0. The lowest BCUT2D eigenvalue weighted by Gasteiger charge is -2.09. The molecule has 6 heteroatoms. The van der Waals surface area contributed by atoms with Gasteiger partial charge in [0.25, 0.3) is 11.8 Å². The number of carbonyl (C=O) groups is 2. The van der Waals surface area contributed by atoms with Crippen molar-refractivity contribution in [2.24, 2.45) is 21.8 Å². The second-order valence-corrected chi connectivity index (χ2v) is 5.73. The zero-order chi connectivity index (χ0) is 13.3. The van der Waals surface area contributed by atoms with E-state index in [2.05, 4.69) is 15.3 Å². The van der Waals surface area contributed by atoms with Crippen molar-refractivity contribution in [3.05, 3.63) is 10.5 Å². The van der Waals surface area contributed by atoms with Gasteiger partial charge in [0.15, 0.2) is 0 Å². The molecule has 0 saturated carbocycles. The van der Waals surface area contributed by atoms with Gasteiger partial charge in [-0.05, 0) is 18.4 Å². The van der Waals surface area contributed by atoms with Crippen molar-refractivity contribution in [2.45, 2.75) is 20.8 Å². The molecule has 0 aromatic rings. The van der Waals surface area contributed by atoms with Gasteiger partial charge < -0.3 is 5.32 Å². The van der Waals surface area contributed by atoms with Crippen molar-refractivity contribution < 1.29 is 9.59 Å². The standard InChI is InChI=1S/C12H15N3O2S/c1-6(2)4-13-11(17)9-7(3)8-10(16)14-5-15-12(8)18-9/h5-6,8H,4H2,1-3H3,(H,13,17). The third kappa shape index (κ3) is 2.38. The molecule has 0 aromatic heterocycles. The van der Waals surface area contributed by atoms with Gasteiger partial charge in [-0.15, -0.1) is 0 Å². The number of hydrogen-bond acceptors (Lipinski definition) is 4. The van der Waals surface area contributed by atoms with E-state index < -0.39 is 5.92 Å². The van der Waals surface area contributed by atoms with Crippen LogP contribution >= 0.6 is 11.8 Å². The summed E-state index contributed by atoms with van der Waals surface area (Å²) in [5.41, 5.74) is 0.752. The minimum atomic E-state index is -0.445. The Labute approximate surface area is 110 Å². The summed E-state index contributed by atoms with van der Waals surface area (Å²) in [5, 5.41) is 3.51. The number of amides is 2. The third-order valence-corrected chi connectivity index (χ3v) is 4.00. The van der Waals surface area contributed by atoms with Crippen molar-refractivity contribution in [1.29, 1.82) is 0 Å². The Kier molecular flexibility index (Phi) is 3.65. The molecule has 2 rings (SSSR count). The van der Waals surface area contributed by atoms with Crippen LogP contribution in [-0.2, 0) is 9.59 Å². The Morgan fingerprint density at radius 1 is 1.56 bits per heavy atom. The molecule has 2 aliphatic rings. The molecule has 2 aliphatic heterocycles. The number of fused-ring (bicyclic) bond motifs is 1. The second kappa shape index (κ2) is 5.06. The van der Waals surface area contributed by atoms with E-state index >= 15 is 0 Å². The highest BCUT2D eigenvalue weighted by atomic mass is 32.2. The average Bonchev–Trinajstić information content (AvgIpc) is 2.65. The number of aliphatic imine (C=N–C) groups is 2. The lowest BCUT2D eigenvalue weighted by atomic mass is 10.00. The molecule has 2 heterocycles. The lowest BCUT2D eigenvalue weighted by Crippen LogP contribution is -2.28. The number of nitrogens with one attached hydrogen (secondary N) is 1. The molecule has 0 radical (unpaired) electrons. The van der Waals surface area contributed by atoms with Gasteiger partial charge in [-0.2, -0.15) is 0 Å². The fourth-order valence-electron chi connectivity index (χ4n) is 1.77. The Balaban J connectivity index is 2.15. The molecule has 5 nitrogen and oxygen atoms in total. The molecule has 0 spiro atoms. The zero-order valence-electron chi connectivity index (χ0n) is 10.6. The minimum absolute atomic E-state index is 0.129. The normalized spacial score (nSPS) is 22.3. The van der Waals surface area contributed by atoms with Crippen LogP contribution in [0.5, 0.6) is 0 Å². The molecule has 1 atom stereocenters. The smallest absolute Gasteiger partial charge is 0.261 e. The largest absolute Gasteiger partial charge is 0.351 e. The first kappa shape index (κ1) is 13.0. The molecule has 2 amide bonds. The molecule has 96 valence electrons. The highest BCUT2D eigenvalue weighted by molar-refractivity contribution is 8.18. The number of thioether (sulfide) groups is 1. The Morgan fingerprint density at radius 3 is 2.89 bits per heavy atom. The molecule has 0 aliphatic carbocycles. The Hall–Kier alpha value is -1.43. The van der Waals surface area contributed by atoms with Gasteiger partial charge in [-0.25, -0.2) is 9.98 Å². The molecule has 1 N–H and O–H groups in total. The van der Waals surface area contributed by atoms with Crippen LogP contribution in [0.15, 0.2) is 20.5 Å². The van der Waals surface area contributed by atoms with E-state index in [0.29, 0.717) is 22.4 Å². The maximum Gasteiger partial charge on any atom is 0.261 e. The van der Waals surface area contributed by atoms with Crippen molar-refractivity contribution in [1.82, 2.24) is 5.32 Å². The van der Waals surface area contributed by atoms with Crippen molar-refractivity contribution >= 4 is 35.0 Å². The van der Waals surface area contributed by atoms with Gasteiger partial charge in [0.2, 0.25) is 0 Å². The van der Waals surface area contributed by atoms with Crippen LogP contribution in [0, 0.1) is 11.8 Å². The molecule has 0 fully saturated rings. The number of rotatable bonds is 3. The predicted octanol–water partition coefficient (Wildman–Crippen LogP) is 1.36. The van der Waals surface area contributed by atoms with Gasteiger partial charge in [-0.3, -0.25) is 9.59 Å². The van der Waals surface area contributed by atoms with E-state index in [-0.39, 0.29) is 11.8 Å². The highest BCUT2D eigenvalue weighted by Crippen LogP contribution is 2.39. The van der Waals surface area contributed by atoms with Crippen LogP contribution < -0.4 is 5.32 Å². The number of nitrogens with zero attached hydrogens (tertiary/aromatic N) is 2. The van der Waals surface area contributed by atoms with Crippen LogP contribution in [0.2, 0.25) is 0 Å². The summed E-state index contributed by atoms with van der Waals surface area (Å²) in [5.74, 6) is -0.418. The monoisotopic (exact) mass is 265 g/mol. The van der Waals surface area contributed by atoms with Crippen LogP contribution in [0.4, 0.5) is 0 Å². The fourth-order valence-corrected chi connectivity index (χ4v) is 2.92. The second-order valence-electron chi connectivity index (χ2n) is 4.70. The molecule has 1 unspecified atom stereocenters. The van der Waals surface area contributed by atoms with E-state index in [1.807, 2.05) is 13.8 Å². The Bertz CT molecular complexity index is 492. The molecule has 0 aromatic carbocycles. The van der Waals surface area contributed by atoms with Gasteiger partial charge >= 0.3 is 0 Å². The lowest BCUT2D eigenvalue weighted by molar-refractivity contribution is -0.118. The molecule has 0 bridgehead atoms. The van der Waals surface area contributed by atoms with Crippen LogP contribution in [0.1, 0.15) is 20.8 Å².